The number of ether oxygens (including phenoxy) is 2. The molecule has 45 heavy (non-hydrogen) atoms. The van der Waals surface area contributed by atoms with E-state index in [0.717, 1.165) is 13.3 Å². The average Bonchev–Trinajstić information content (AvgIpc) is 3.48. The molecule has 3 aromatic rings. The number of phenolic OH excluding ortho intramolecular Hbond substituents is 1. The maximum atomic E-state index is 16.6. The molecule has 2 aromatic heterocycles. The fourth-order valence-electron chi connectivity index (χ4n) is 6.66. The lowest BCUT2D eigenvalue weighted by molar-refractivity contribution is -0.137. The van der Waals surface area contributed by atoms with Gasteiger partial charge < -0.3 is 25.2 Å². The minimum Gasteiger partial charge on any atom is -0.505 e. The van der Waals surface area contributed by atoms with Crippen molar-refractivity contribution in [1.82, 2.24) is 25.2 Å². The lowest BCUT2D eigenvalue weighted by Gasteiger charge is -2.30. The smallest absolute Gasteiger partial charge is 0.417 e. The van der Waals surface area contributed by atoms with Gasteiger partial charge in [0.05, 0.1) is 17.2 Å². The summed E-state index contributed by atoms with van der Waals surface area (Å²) in [6.45, 7) is 6.39. The molecule has 2 saturated heterocycles. The van der Waals surface area contributed by atoms with Gasteiger partial charge in [-0.2, -0.15) is 23.1 Å². The molecule has 2 fully saturated rings. The predicted molar refractivity (Wildman–Crippen MR) is 153 cm³/mol. The Morgan fingerprint density at radius 3 is 2.71 bits per heavy atom. The van der Waals surface area contributed by atoms with Crippen molar-refractivity contribution in [2.24, 2.45) is 0 Å². The van der Waals surface area contributed by atoms with Crippen molar-refractivity contribution >= 4 is 16.7 Å². The van der Waals surface area contributed by atoms with E-state index in [2.05, 4.69) is 25.6 Å². The van der Waals surface area contributed by atoms with Crippen LogP contribution in [0.15, 0.2) is 6.07 Å². The van der Waals surface area contributed by atoms with E-state index in [9.17, 15) is 27.1 Å². The third-order valence-electron chi connectivity index (χ3n) is 8.91. The van der Waals surface area contributed by atoms with E-state index >= 15 is 4.39 Å². The lowest BCUT2D eigenvalue weighted by atomic mass is 9.95. The summed E-state index contributed by atoms with van der Waals surface area (Å²) >= 11 is 0. The first-order valence-electron chi connectivity index (χ1n) is 14.9. The third kappa shape index (κ3) is 5.80. The van der Waals surface area contributed by atoms with Crippen LogP contribution in [-0.2, 0) is 6.18 Å². The number of rotatable bonds is 4. The molecule has 1 aromatic carbocycles. The number of fused-ring (bicyclic) bond motifs is 1. The number of phenols is 1. The van der Waals surface area contributed by atoms with Gasteiger partial charge in [0.1, 0.15) is 35.2 Å². The van der Waals surface area contributed by atoms with Crippen LogP contribution >= 0.6 is 0 Å². The molecule has 4 atom stereocenters. The molecule has 3 aliphatic rings. The van der Waals surface area contributed by atoms with Gasteiger partial charge in [0, 0.05) is 36.7 Å². The zero-order chi connectivity index (χ0) is 32.3. The van der Waals surface area contributed by atoms with Crippen LogP contribution in [0.1, 0.15) is 50.7 Å². The number of anilines is 1. The fraction of sp³-hybridized carbons (Fsp3) is 0.567. The zero-order valence-corrected chi connectivity index (χ0v) is 25.0. The lowest BCUT2D eigenvalue weighted by Crippen LogP contribution is -2.43. The normalized spacial score (nSPS) is 25.8. The Hall–Kier alpha value is -3.59. The maximum Gasteiger partial charge on any atom is 0.417 e. The van der Waals surface area contributed by atoms with Crippen molar-refractivity contribution < 1.29 is 40.9 Å². The van der Waals surface area contributed by atoms with Gasteiger partial charge in [0.25, 0.3) is 0 Å². The zero-order valence-electron chi connectivity index (χ0n) is 25.0. The summed E-state index contributed by atoms with van der Waals surface area (Å²) in [4.78, 5) is 15.0. The average molecular weight is 641 g/mol. The topological polar surface area (TPSA) is 105 Å². The van der Waals surface area contributed by atoms with Crippen molar-refractivity contribution in [3.63, 3.8) is 0 Å². The van der Waals surface area contributed by atoms with Gasteiger partial charge in [-0.3, -0.25) is 4.90 Å². The number of halogens is 6. The highest BCUT2D eigenvalue weighted by atomic mass is 19.4. The molecule has 15 heteroatoms. The predicted octanol–water partition coefficient (Wildman–Crippen LogP) is 5.52. The summed E-state index contributed by atoms with van der Waals surface area (Å²) in [5, 5.41) is 16.6. The number of hydrogen-bond donors (Lipinski definition) is 3. The Balaban J connectivity index is 1.55. The van der Waals surface area contributed by atoms with Crippen LogP contribution in [-0.4, -0.2) is 81.6 Å². The molecular weight excluding hydrogens is 606 g/mol. The van der Waals surface area contributed by atoms with Crippen LogP contribution in [0.4, 0.5) is 32.2 Å². The molecule has 2 unspecified atom stereocenters. The first-order chi connectivity index (χ1) is 21.3. The second-order valence-electron chi connectivity index (χ2n) is 12.2. The highest BCUT2D eigenvalue weighted by Gasteiger charge is 2.49. The first kappa shape index (κ1) is 31.4. The van der Waals surface area contributed by atoms with E-state index in [1.807, 2.05) is 11.8 Å². The van der Waals surface area contributed by atoms with Gasteiger partial charge in [0.15, 0.2) is 17.4 Å². The quantitative estimate of drug-likeness (QED) is 0.318. The van der Waals surface area contributed by atoms with Gasteiger partial charge in [-0.1, -0.05) is 0 Å². The number of nitrogens with one attached hydrogen (secondary N) is 2. The van der Waals surface area contributed by atoms with Crippen LogP contribution in [0, 0.1) is 18.6 Å². The Morgan fingerprint density at radius 2 is 1.96 bits per heavy atom. The summed E-state index contributed by atoms with van der Waals surface area (Å²) in [7, 11) is 0. The van der Waals surface area contributed by atoms with Crippen molar-refractivity contribution in [2.75, 3.05) is 38.1 Å². The minimum atomic E-state index is -5.12. The maximum absolute atomic E-state index is 16.6. The van der Waals surface area contributed by atoms with Crippen molar-refractivity contribution in [2.45, 2.75) is 76.5 Å². The van der Waals surface area contributed by atoms with Crippen LogP contribution in [0.5, 0.6) is 17.6 Å². The number of nitrogens with zero attached hydrogens (tertiary/aromatic N) is 4. The highest BCUT2D eigenvalue weighted by Crippen LogP contribution is 2.46. The molecule has 0 saturated carbocycles. The van der Waals surface area contributed by atoms with Crippen LogP contribution in [0.3, 0.4) is 0 Å². The monoisotopic (exact) mass is 640 g/mol. The molecule has 0 bridgehead atoms. The van der Waals surface area contributed by atoms with E-state index in [1.165, 1.54) is 0 Å². The second kappa shape index (κ2) is 11.6. The summed E-state index contributed by atoms with van der Waals surface area (Å²) in [6, 6.07) is 0.165. The molecule has 9 nitrogen and oxygen atoms in total. The van der Waals surface area contributed by atoms with Gasteiger partial charge in [-0.05, 0) is 59.2 Å². The van der Waals surface area contributed by atoms with Gasteiger partial charge in [-0.15, -0.1) is 0 Å². The van der Waals surface area contributed by atoms with Crippen LogP contribution in [0.2, 0.25) is 0 Å². The van der Waals surface area contributed by atoms with Crippen molar-refractivity contribution in [3.05, 3.63) is 28.8 Å². The molecule has 0 spiro atoms. The summed E-state index contributed by atoms with van der Waals surface area (Å²) < 4.78 is 100. The Morgan fingerprint density at radius 1 is 1.18 bits per heavy atom. The van der Waals surface area contributed by atoms with Crippen LogP contribution in [0.25, 0.3) is 22.2 Å². The standard InChI is InChI=1S/C30H34F6N6O3/c1-14-11-38-26-20-25(40-28(41-26)44-13-29-6-4-8-42(29)12-17(31)10-29)23(33)24(39-27(20)45-15(2)5-7-37-14)18-9-19(43)22(32)16(3)21(18)30(34,35)36/h9,14-15,17,37,43H,4-8,10-13H2,1-3H3,(H,38,40,41)/t14?,15-,17+,29?/m0/s1. The largest absolute Gasteiger partial charge is 0.505 e. The van der Waals surface area contributed by atoms with Gasteiger partial charge in [0.2, 0.25) is 5.88 Å². The highest BCUT2D eigenvalue weighted by molar-refractivity contribution is 5.96. The molecule has 5 heterocycles. The second-order valence-corrected chi connectivity index (χ2v) is 12.2. The Kier molecular flexibility index (Phi) is 8.13. The number of benzene rings is 1. The molecule has 0 aliphatic carbocycles. The number of alkyl halides is 4. The van der Waals surface area contributed by atoms with Crippen molar-refractivity contribution in [1.29, 1.82) is 0 Å². The summed E-state index contributed by atoms with van der Waals surface area (Å²) in [5.41, 5.74) is -5.16. The summed E-state index contributed by atoms with van der Waals surface area (Å²) in [6.07, 6.45) is -4.35. The minimum absolute atomic E-state index is 0.0218. The van der Waals surface area contributed by atoms with E-state index in [-0.39, 0.29) is 48.7 Å². The van der Waals surface area contributed by atoms with Gasteiger partial charge in [-0.25, -0.2) is 18.2 Å². The van der Waals surface area contributed by atoms with Crippen molar-refractivity contribution in [3.8, 4) is 28.9 Å². The number of hydrogen-bond acceptors (Lipinski definition) is 9. The van der Waals surface area contributed by atoms with E-state index in [4.69, 9.17) is 9.47 Å². The van der Waals surface area contributed by atoms with E-state index < -0.39 is 69.3 Å². The Bertz CT molecular complexity index is 1620. The molecule has 0 radical (unpaired) electrons. The molecule has 6 rings (SSSR count). The Labute approximate surface area is 255 Å². The molecule has 3 aliphatic heterocycles. The molecule has 0 amide bonds. The number of aromatic hydroxyl groups is 1. The fourth-order valence-corrected chi connectivity index (χ4v) is 6.66. The molecular formula is C30H34F6N6O3. The summed E-state index contributed by atoms with van der Waals surface area (Å²) in [5.74, 6) is -4.03. The number of aromatic nitrogens is 3. The van der Waals surface area contributed by atoms with Gasteiger partial charge >= 0.3 is 12.2 Å². The van der Waals surface area contributed by atoms with E-state index in [1.54, 1.807) is 6.92 Å². The molecule has 244 valence electrons. The van der Waals surface area contributed by atoms with E-state index in [0.29, 0.717) is 38.5 Å². The SMILES string of the molecule is Cc1c(F)c(O)cc(-c2nc3c4c(nc(OCC56CCCN5C[C@H](F)C6)nc4c2F)NCC(C)NCC[C@H](C)O3)c1C(F)(F)F. The van der Waals surface area contributed by atoms with Crippen LogP contribution < -0.4 is 20.1 Å². The molecule has 3 N–H and O–H groups in total. The third-order valence-corrected chi connectivity index (χ3v) is 8.91. The number of pyridine rings is 1. The first-order valence-corrected chi connectivity index (χ1v) is 14.9.